The molecule has 6 atom stereocenters. The molecular weight excluding hydrogens is 304 g/mol. The Morgan fingerprint density at radius 1 is 1.46 bits per heavy atom. The largest absolute Gasteiger partial charge is 0.481 e. The maximum Gasteiger partial charge on any atom is 0.309 e. The number of rotatable bonds is 5. The Bertz CT molecular complexity index is 538. The molecule has 0 aromatic rings. The van der Waals surface area contributed by atoms with E-state index in [2.05, 4.69) is 20.1 Å². The van der Waals surface area contributed by atoms with Gasteiger partial charge in [0.2, 0.25) is 0 Å². The second-order valence-electron chi connectivity index (χ2n) is 8.57. The molecule has 0 bridgehead atoms. The molecule has 0 amide bonds. The summed E-state index contributed by atoms with van der Waals surface area (Å²) >= 11 is 0. The number of allylic oxidation sites excluding steroid dienone is 1. The minimum absolute atomic E-state index is 0.0108. The van der Waals surface area contributed by atoms with Crippen molar-refractivity contribution in [2.75, 3.05) is 0 Å². The van der Waals surface area contributed by atoms with Crippen LogP contribution in [0.2, 0.25) is 0 Å². The van der Waals surface area contributed by atoms with Gasteiger partial charge in [-0.1, -0.05) is 31.6 Å². The van der Waals surface area contributed by atoms with Gasteiger partial charge in [0.1, 0.15) is 5.60 Å². The lowest BCUT2D eigenvalue weighted by molar-refractivity contribution is -0.165. The van der Waals surface area contributed by atoms with Crippen molar-refractivity contribution in [3.8, 4) is 0 Å². The van der Waals surface area contributed by atoms with Crippen LogP contribution in [0.15, 0.2) is 24.8 Å². The van der Waals surface area contributed by atoms with Gasteiger partial charge >= 0.3 is 5.97 Å². The van der Waals surface area contributed by atoms with E-state index in [4.69, 9.17) is 0 Å². The highest BCUT2D eigenvalue weighted by molar-refractivity contribution is 5.75. The van der Waals surface area contributed by atoms with Crippen LogP contribution in [0, 0.1) is 22.7 Å². The highest BCUT2D eigenvalue weighted by Crippen LogP contribution is 2.62. The summed E-state index contributed by atoms with van der Waals surface area (Å²) in [5.41, 5.74) is -1.21. The highest BCUT2D eigenvalue weighted by atomic mass is 16.4. The van der Waals surface area contributed by atoms with E-state index >= 15 is 0 Å². The van der Waals surface area contributed by atoms with E-state index in [1.165, 1.54) is 6.08 Å². The van der Waals surface area contributed by atoms with Gasteiger partial charge in [0, 0.05) is 0 Å². The number of aliphatic hydroxyl groups excluding tert-OH is 1. The average molecular weight is 336 g/mol. The molecule has 0 heterocycles. The zero-order chi connectivity index (χ0) is 18.3. The van der Waals surface area contributed by atoms with E-state index in [1.807, 2.05) is 6.92 Å². The Balaban J connectivity index is 2.35. The SMILES string of the molecule is C=C[C@@](C)(O)[C@H](O)C[C@H]1C(=C)CC[C@H]2[C@]1(C)CCC[C@]2(C)C(=O)O. The second kappa shape index (κ2) is 6.30. The molecule has 2 aliphatic rings. The molecular formula is C20H32O4. The first-order valence-corrected chi connectivity index (χ1v) is 8.94. The Morgan fingerprint density at radius 3 is 2.62 bits per heavy atom. The number of hydrogen-bond donors (Lipinski definition) is 3. The molecule has 0 aromatic heterocycles. The summed E-state index contributed by atoms with van der Waals surface area (Å²) in [7, 11) is 0. The zero-order valence-corrected chi connectivity index (χ0v) is 15.2. The number of carboxylic acids is 1. The van der Waals surface area contributed by atoms with Gasteiger partial charge in [0.15, 0.2) is 0 Å². The number of carbonyl (C=O) groups is 1. The summed E-state index contributed by atoms with van der Waals surface area (Å²) in [6.45, 7) is 13.4. The average Bonchev–Trinajstić information content (AvgIpc) is 2.50. The molecule has 2 rings (SSSR count). The molecule has 24 heavy (non-hydrogen) atoms. The van der Waals surface area contributed by atoms with Crippen LogP contribution in [0.25, 0.3) is 0 Å². The fourth-order valence-electron chi connectivity index (χ4n) is 5.24. The monoisotopic (exact) mass is 336 g/mol. The number of fused-ring (bicyclic) bond motifs is 1. The van der Waals surface area contributed by atoms with Gasteiger partial charge in [-0.15, -0.1) is 6.58 Å². The molecule has 2 fully saturated rings. The Labute approximate surface area is 145 Å². The number of hydrogen-bond acceptors (Lipinski definition) is 3. The fraction of sp³-hybridized carbons (Fsp3) is 0.750. The van der Waals surface area contributed by atoms with Crippen LogP contribution in [-0.2, 0) is 4.79 Å². The minimum atomic E-state index is -1.35. The van der Waals surface area contributed by atoms with Crippen molar-refractivity contribution in [3.05, 3.63) is 24.8 Å². The Morgan fingerprint density at radius 2 is 2.08 bits per heavy atom. The van der Waals surface area contributed by atoms with Gasteiger partial charge in [-0.2, -0.15) is 0 Å². The maximum absolute atomic E-state index is 12.0. The van der Waals surface area contributed by atoms with Gasteiger partial charge in [-0.3, -0.25) is 4.79 Å². The van der Waals surface area contributed by atoms with Crippen LogP contribution in [0.4, 0.5) is 0 Å². The number of carboxylic acid groups (broad SMARTS) is 1. The van der Waals surface area contributed by atoms with Crippen LogP contribution in [0.3, 0.4) is 0 Å². The Kier molecular flexibility index (Phi) is 5.04. The third-order valence-electron chi connectivity index (χ3n) is 7.06. The van der Waals surface area contributed by atoms with Gasteiger partial charge in [-0.05, 0) is 63.2 Å². The van der Waals surface area contributed by atoms with Crippen LogP contribution in [0.1, 0.15) is 59.3 Å². The summed E-state index contributed by atoms with van der Waals surface area (Å²) in [4.78, 5) is 12.0. The molecule has 4 nitrogen and oxygen atoms in total. The summed E-state index contributed by atoms with van der Waals surface area (Å²) in [5.74, 6) is -0.646. The highest BCUT2D eigenvalue weighted by Gasteiger charge is 2.57. The fourth-order valence-corrected chi connectivity index (χ4v) is 5.24. The summed E-state index contributed by atoms with van der Waals surface area (Å²) in [6.07, 6.45) is 4.95. The van der Waals surface area contributed by atoms with E-state index in [-0.39, 0.29) is 17.3 Å². The van der Waals surface area contributed by atoms with Crippen LogP contribution in [-0.4, -0.2) is 33.0 Å². The topological polar surface area (TPSA) is 77.8 Å². The lowest BCUT2D eigenvalue weighted by Gasteiger charge is -2.57. The third-order valence-corrected chi connectivity index (χ3v) is 7.06. The smallest absolute Gasteiger partial charge is 0.309 e. The molecule has 4 heteroatoms. The first-order valence-electron chi connectivity index (χ1n) is 8.94. The van der Waals surface area contributed by atoms with E-state index in [9.17, 15) is 20.1 Å². The van der Waals surface area contributed by atoms with E-state index in [0.717, 1.165) is 31.3 Å². The van der Waals surface area contributed by atoms with Crippen molar-refractivity contribution in [1.82, 2.24) is 0 Å². The van der Waals surface area contributed by atoms with Gasteiger partial charge in [-0.25, -0.2) is 0 Å². The predicted octanol–water partition coefficient (Wildman–Crippen LogP) is 3.54. The van der Waals surface area contributed by atoms with Gasteiger partial charge in [0.05, 0.1) is 11.5 Å². The third kappa shape index (κ3) is 2.95. The molecule has 136 valence electrons. The van der Waals surface area contributed by atoms with Crippen molar-refractivity contribution in [3.63, 3.8) is 0 Å². The lowest BCUT2D eigenvalue weighted by atomic mass is 9.46. The first kappa shape index (κ1) is 19.2. The number of aliphatic hydroxyl groups is 2. The first-order chi connectivity index (χ1) is 11.0. The molecule has 3 N–H and O–H groups in total. The van der Waals surface area contributed by atoms with Crippen molar-refractivity contribution in [1.29, 1.82) is 0 Å². The van der Waals surface area contributed by atoms with E-state index in [0.29, 0.717) is 12.8 Å². The Hall–Kier alpha value is -1.13. The quantitative estimate of drug-likeness (QED) is 0.671. The molecule has 2 aliphatic carbocycles. The molecule has 0 radical (unpaired) electrons. The molecule has 0 aromatic carbocycles. The van der Waals surface area contributed by atoms with E-state index < -0.39 is 23.1 Å². The van der Waals surface area contributed by atoms with Crippen molar-refractivity contribution in [2.45, 2.75) is 71.0 Å². The van der Waals surface area contributed by atoms with Crippen LogP contribution in [0.5, 0.6) is 0 Å². The van der Waals surface area contributed by atoms with Gasteiger partial charge < -0.3 is 15.3 Å². The number of aliphatic carboxylic acids is 1. The molecule has 0 aliphatic heterocycles. The summed E-state index contributed by atoms with van der Waals surface area (Å²) < 4.78 is 0. The summed E-state index contributed by atoms with van der Waals surface area (Å²) in [6, 6.07) is 0. The van der Waals surface area contributed by atoms with Crippen LogP contribution < -0.4 is 0 Å². The normalized spacial score (nSPS) is 40.3. The summed E-state index contributed by atoms with van der Waals surface area (Å²) in [5, 5.41) is 30.6. The molecule has 0 saturated heterocycles. The molecule has 0 spiro atoms. The molecule has 2 saturated carbocycles. The zero-order valence-electron chi connectivity index (χ0n) is 15.2. The van der Waals surface area contributed by atoms with Crippen molar-refractivity contribution < 1.29 is 20.1 Å². The standard InChI is InChI=1S/C20H32O4/c1-6-20(5,24)16(21)12-14-13(2)8-9-15-18(14,3)10-7-11-19(15,4)17(22)23/h6,14-16,21,24H,1-2,7-12H2,3-5H3,(H,22,23)/t14-,15-,16+,18+,19-,20+/m0/s1. The lowest BCUT2D eigenvalue weighted by Crippen LogP contribution is -2.54. The second-order valence-corrected chi connectivity index (χ2v) is 8.57. The van der Waals surface area contributed by atoms with Gasteiger partial charge in [0.25, 0.3) is 0 Å². The van der Waals surface area contributed by atoms with Crippen molar-refractivity contribution in [2.24, 2.45) is 22.7 Å². The van der Waals surface area contributed by atoms with Crippen LogP contribution >= 0.6 is 0 Å². The predicted molar refractivity (Wildman–Crippen MR) is 94.5 cm³/mol. The molecule has 0 unspecified atom stereocenters. The van der Waals surface area contributed by atoms with Crippen molar-refractivity contribution >= 4 is 5.97 Å². The minimum Gasteiger partial charge on any atom is -0.481 e. The maximum atomic E-state index is 12.0. The van der Waals surface area contributed by atoms with E-state index in [1.54, 1.807) is 6.92 Å².